The minimum atomic E-state index is -3.45. The van der Waals surface area contributed by atoms with Crippen LogP contribution in [0.2, 0.25) is 0 Å². The molecule has 3 N–H and O–H groups in total. The number of rotatable bonds is 2. The Kier molecular flexibility index (Phi) is 2.00. The van der Waals surface area contributed by atoms with E-state index >= 15 is 0 Å². The maximum absolute atomic E-state index is 10.3. The first-order valence-corrected chi connectivity index (χ1v) is 5.16. The van der Waals surface area contributed by atoms with Gasteiger partial charge in [0.2, 0.25) is 0 Å². The van der Waals surface area contributed by atoms with E-state index in [0.717, 1.165) is 11.5 Å². The highest BCUT2D eigenvalue weighted by Crippen LogP contribution is 2.17. The summed E-state index contributed by atoms with van der Waals surface area (Å²) in [5, 5.41) is 4.70. The SMILES string of the molecule is NS(=O)(=O)NC1CSC1. The van der Waals surface area contributed by atoms with Gasteiger partial charge in [-0.3, -0.25) is 0 Å². The van der Waals surface area contributed by atoms with Crippen molar-refractivity contribution in [1.82, 2.24) is 4.72 Å². The van der Waals surface area contributed by atoms with Crippen LogP contribution in [0, 0.1) is 0 Å². The van der Waals surface area contributed by atoms with Gasteiger partial charge in [0.25, 0.3) is 10.2 Å². The molecule has 1 aliphatic rings. The highest BCUT2D eigenvalue weighted by molar-refractivity contribution is 8.00. The molecule has 0 aromatic carbocycles. The topological polar surface area (TPSA) is 72.2 Å². The van der Waals surface area contributed by atoms with Crippen molar-refractivity contribution >= 4 is 22.0 Å². The minimum absolute atomic E-state index is 0.0741. The Labute approximate surface area is 58.4 Å². The monoisotopic (exact) mass is 168 g/mol. The first-order valence-electron chi connectivity index (χ1n) is 2.46. The van der Waals surface area contributed by atoms with Crippen molar-refractivity contribution in [1.29, 1.82) is 0 Å². The number of hydrogen-bond acceptors (Lipinski definition) is 3. The summed E-state index contributed by atoms with van der Waals surface area (Å²) in [5.74, 6) is 1.69. The largest absolute Gasteiger partial charge is 0.274 e. The van der Waals surface area contributed by atoms with Crippen LogP contribution in [0.1, 0.15) is 0 Å². The molecule has 0 spiro atoms. The van der Waals surface area contributed by atoms with Gasteiger partial charge >= 0.3 is 0 Å². The quantitative estimate of drug-likeness (QED) is 0.549. The smallest absolute Gasteiger partial charge is 0.216 e. The third kappa shape index (κ3) is 2.53. The predicted molar refractivity (Wildman–Crippen MR) is 37.4 cm³/mol. The van der Waals surface area contributed by atoms with Crippen molar-refractivity contribution in [3.05, 3.63) is 0 Å². The third-order valence-corrected chi connectivity index (χ3v) is 2.91. The Morgan fingerprint density at radius 3 is 2.22 bits per heavy atom. The molecule has 6 heteroatoms. The minimum Gasteiger partial charge on any atom is -0.216 e. The van der Waals surface area contributed by atoms with E-state index in [0.29, 0.717) is 0 Å². The fraction of sp³-hybridized carbons (Fsp3) is 1.00. The van der Waals surface area contributed by atoms with Crippen LogP contribution in [-0.4, -0.2) is 26.0 Å². The van der Waals surface area contributed by atoms with Crippen molar-refractivity contribution in [2.75, 3.05) is 11.5 Å². The van der Waals surface area contributed by atoms with Crippen LogP contribution < -0.4 is 9.86 Å². The normalized spacial score (nSPS) is 21.4. The van der Waals surface area contributed by atoms with Crippen LogP contribution in [0.5, 0.6) is 0 Å². The summed E-state index contributed by atoms with van der Waals surface area (Å²) in [6, 6.07) is 0.0741. The van der Waals surface area contributed by atoms with Crippen LogP contribution in [-0.2, 0) is 10.2 Å². The number of nitrogens with one attached hydrogen (secondary N) is 1. The average Bonchev–Trinajstić information content (AvgIpc) is 1.53. The lowest BCUT2D eigenvalue weighted by Crippen LogP contribution is -2.46. The summed E-state index contributed by atoms with van der Waals surface area (Å²) in [5.41, 5.74) is 0. The lowest BCUT2D eigenvalue weighted by molar-refractivity contribution is 0.570. The molecule has 1 saturated heterocycles. The van der Waals surface area contributed by atoms with Gasteiger partial charge in [-0.15, -0.1) is 0 Å². The summed E-state index contributed by atoms with van der Waals surface area (Å²) in [4.78, 5) is 0. The summed E-state index contributed by atoms with van der Waals surface area (Å²) >= 11 is 1.70. The Balaban J connectivity index is 2.33. The summed E-state index contributed by atoms with van der Waals surface area (Å²) in [6.07, 6.45) is 0. The molecule has 0 bridgehead atoms. The van der Waals surface area contributed by atoms with Gasteiger partial charge in [-0.25, -0.2) is 5.14 Å². The van der Waals surface area contributed by atoms with E-state index in [1.165, 1.54) is 0 Å². The zero-order valence-electron chi connectivity index (χ0n) is 4.70. The summed E-state index contributed by atoms with van der Waals surface area (Å²) in [6.45, 7) is 0. The Hall–Kier alpha value is 0.220. The molecule has 1 fully saturated rings. The molecule has 1 aliphatic heterocycles. The molecular formula is C3H8N2O2S2. The molecule has 0 saturated carbocycles. The van der Waals surface area contributed by atoms with E-state index in [9.17, 15) is 8.42 Å². The standard InChI is InChI=1S/C3H8N2O2S2/c4-9(6,7)5-3-1-8-2-3/h3,5H,1-2H2,(H2,4,6,7). The van der Waals surface area contributed by atoms with Crippen LogP contribution in [0.25, 0.3) is 0 Å². The van der Waals surface area contributed by atoms with E-state index in [4.69, 9.17) is 5.14 Å². The lowest BCUT2D eigenvalue weighted by Gasteiger charge is -2.24. The fourth-order valence-corrected chi connectivity index (χ4v) is 2.02. The zero-order valence-corrected chi connectivity index (χ0v) is 6.33. The van der Waals surface area contributed by atoms with Crippen molar-refractivity contribution < 1.29 is 8.42 Å². The molecule has 0 atom stereocenters. The second kappa shape index (κ2) is 2.45. The Bertz CT molecular complexity index is 184. The molecule has 1 rings (SSSR count). The molecule has 1 heterocycles. The lowest BCUT2D eigenvalue weighted by atomic mass is 10.4. The van der Waals surface area contributed by atoms with Crippen LogP contribution in [0.15, 0.2) is 0 Å². The van der Waals surface area contributed by atoms with E-state index in [-0.39, 0.29) is 6.04 Å². The van der Waals surface area contributed by atoms with Crippen molar-refractivity contribution in [2.24, 2.45) is 5.14 Å². The molecule has 54 valence electrons. The molecule has 0 aliphatic carbocycles. The highest BCUT2D eigenvalue weighted by Gasteiger charge is 2.21. The predicted octanol–water partition coefficient (Wildman–Crippen LogP) is -1.11. The molecule has 0 aromatic rings. The van der Waals surface area contributed by atoms with Gasteiger partial charge in [-0.2, -0.15) is 24.9 Å². The molecule has 9 heavy (non-hydrogen) atoms. The van der Waals surface area contributed by atoms with Gasteiger partial charge in [-0.05, 0) is 0 Å². The number of hydrogen-bond donors (Lipinski definition) is 2. The number of thioether (sulfide) groups is 1. The molecule has 0 unspecified atom stereocenters. The maximum Gasteiger partial charge on any atom is 0.274 e. The third-order valence-electron chi connectivity index (χ3n) is 0.969. The average molecular weight is 168 g/mol. The summed E-state index contributed by atoms with van der Waals surface area (Å²) in [7, 11) is -3.45. The highest BCUT2D eigenvalue weighted by atomic mass is 32.2. The molecule has 0 amide bonds. The van der Waals surface area contributed by atoms with Crippen molar-refractivity contribution in [2.45, 2.75) is 6.04 Å². The second-order valence-electron chi connectivity index (χ2n) is 1.90. The molecule has 0 aromatic heterocycles. The Morgan fingerprint density at radius 1 is 1.56 bits per heavy atom. The van der Waals surface area contributed by atoms with Crippen molar-refractivity contribution in [3.63, 3.8) is 0 Å². The van der Waals surface area contributed by atoms with Crippen LogP contribution in [0.4, 0.5) is 0 Å². The van der Waals surface area contributed by atoms with Gasteiger partial charge in [-0.1, -0.05) is 0 Å². The van der Waals surface area contributed by atoms with Crippen LogP contribution in [0.3, 0.4) is 0 Å². The molecule has 0 radical (unpaired) electrons. The Morgan fingerprint density at radius 2 is 2.11 bits per heavy atom. The van der Waals surface area contributed by atoms with Crippen molar-refractivity contribution in [3.8, 4) is 0 Å². The van der Waals surface area contributed by atoms with Gasteiger partial charge in [0.1, 0.15) is 0 Å². The van der Waals surface area contributed by atoms with Gasteiger partial charge in [0.15, 0.2) is 0 Å². The first kappa shape index (κ1) is 7.33. The zero-order chi connectivity index (χ0) is 6.91. The molecule has 4 nitrogen and oxygen atoms in total. The second-order valence-corrected chi connectivity index (χ2v) is 4.30. The fourth-order valence-electron chi connectivity index (χ4n) is 0.536. The van der Waals surface area contributed by atoms with E-state index in [2.05, 4.69) is 4.72 Å². The van der Waals surface area contributed by atoms with Gasteiger partial charge in [0.05, 0.1) is 0 Å². The van der Waals surface area contributed by atoms with Gasteiger partial charge < -0.3 is 0 Å². The van der Waals surface area contributed by atoms with E-state index in [1.54, 1.807) is 11.8 Å². The number of nitrogens with two attached hydrogens (primary N) is 1. The van der Waals surface area contributed by atoms with Gasteiger partial charge in [0, 0.05) is 17.5 Å². The summed E-state index contributed by atoms with van der Waals surface area (Å²) < 4.78 is 22.9. The van der Waals surface area contributed by atoms with Crippen LogP contribution >= 0.6 is 11.8 Å². The van der Waals surface area contributed by atoms with E-state index < -0.39 is 10.2 Å². The maximum atomic E-state index is 10.3. The first-order chi connectivity index (χ1) is 4.08. The van der Waals surface area contributed by atoms with E-state index in [1.807, 2.05) is 0 Å². The molecular weight excluding hydrogens is 160 g/mol.